The molecule has 0 spiro atoms. The third kappa shape index (κ3) is 8.50. The zero-order chi connectivity index (χ0) is 16.0. The van der Waals surface area contributed by atoms with Crippen LogP contribution in [0.1, 0.15) is 33.6 Å². The van der Waals surface area contributed by atoms with Crippen molar-refractivity contribution in [1.82, 2.24) is 0 Å². The molecular weight excluding hydrogens is 282 g/mol. The van der Waals surface area contributed by atoms with Crippen LogP contribution in [0.25, 0.3) is 0 Å². The van der Waals surface area contributed by atoms with E-state index in [9.17, 15) is 13.2 Å². The molecule has 0 unspecified atom stereocenters. The lowest BCUT2D eigenvalue weighted by Gasteiger charge is -2.29. The Kier molecular flexibility index (Phi) is 7.13. The van der Waals surface area contributed by atoms with Crippen molar-refractivity contribution in [2.24, 2.45) is 5.41 Å². The second-order valence-electron chi connectivity index (χ2n) is 6.40. The number of ether oxygens (including phenoxy) is 1. The van der Waals surface area contributed by atoms with E-state index in [-0.39, 0.29) is 11.7 Å². The molecule has 0 fully saturated rings. The van der Waals surface area contributed by atoms with E-state index in [0.717, 1.165) is 6.42 Å². The summed E-state index contributed by atoms with van der Waals surface area (Å²) in [5, 5.41) is 0. The maximum Gasteiger partial charge on any atom is 0.311 e. The molecule has 0 aromatic rings. The monoisotopic (exact) mass is 310 g/mol. The number of hydrogen-bond donors (Lipinski definition) is 1. The van der Waals surface area contributed by atoms with E-state index in [4.69, 9.17) is 9.29 Å². The van der Waals surface area contributed by atoms with Gasteiger partial charge in [-0.05, 0) is 20.3 Å². The topological polar surface area (TPSA) is 80.7 Å². The van der Waals surface area contributed by atoms with Crippen LogP contribution in [0.2, 0.25) is 0 Å². The van der Waals surface area contributed by atoms with E-state index < -0.39 is 15.5 Å². The first kappa shape index (κ1) is 19.3. The molecule has 0 aliphatic rings. The minimum absolute atomic E-state index is 0.205. The van der Waals surface area contributed by atoms with Gasteiger partial charge in [0, 0.05) is 6.42 Å². The minimum atomic E-state index is -3.93. The quantitative estimate of drug-likeness (QED) is 0.301. The van der Waals surface area contributed by atoms with Gasteiger partial charge in [-0.3, -0.25) is 9.35 Å². The molecule has 0 atom stereocenters. The van der Waals surface area contributed by atoms with Gasteiger partial charge >= 0.3 is 5.97 Å². The Hall–Kier alpha value is -0.660. The van der Waals surface area contributed by atoms with Crippen LogP contribution in [-0.4, -0.2) is 63.0 Å². The molecule has 7 heteroatoms. The van der Waals surface area contributed by atoms with E-state index in [0.29, 0.717) is 30.6 Å². The molecule has 0 aliphatic heterocycles. The average Bonchev–Trinajstić information content (AvgIpc) is 2.31. The van der Waals surface area contributed by atoms with Crippen LogP contribution in [-0.2, 0) is 19.6 Å². The molecule has 6 nitrogen and oxygen atoms in total. The molecular formula is C13H28NO5S+. The molecule has 0 aromatic carbocycles. The summed E-state index contributed by atoms with van der Waals surface area (Å²) in [7, 11) is -0.169. The summed E-state index contributed by atoms with van der Waals surface area (Å²) in [4.78, 5) is 11.7. The maximum absolute atomic E-state index is 11.7. The normalized spacial score (nSPS) is 13.3. The fraction of sp³-hybridized carbons (Fsp3) is 0.923. The highest BCUT2D eigenvalue weighted by Gasteiger charge is 2.27. The van der Waals surface area contributed by atoms with Gasteiger partial charge in [0.15, 0.2) is 0 Å². The SMILES string of the molecule is CCC(C)(C)C(=O)OCCC[N+](C)(C)CCS(=O)(=O)O. The summed E-state index contributed by atoms with van der Waals surface area (Å²) in [5.74, 6) is -0.467. The fourth-order valence-corrected chi connectivity index (χ4v) is 2.20. The van der Waals surface area contributed by atoms with Crippen molar-refractivity contribution < 1.29 is 27.0 Å². The van der Waals surface area contributed by atoms with E-state index in [1.165, 1.54) is 0 Å². The van der Waals surface area contributed by atoms with Crippen LogP contribution < -0.4 is 0 Å². The van der Waals surface area contributed by atoms with Crippen molar-refractivity contribution in [3.8, 4) is 0 Å². The molecule has 0 saturated heterocycles. The lowest BCUT2D eigenvalue weighted by molar-refractivity contribution is -0.888. The van der Waals surface area contributed by atoms with Crippen molar-refractivity contribution in [3.05, 3.63) is 0 Å². The standard InChI is InChI=1S/C13H27NO5S/c1-6-13(2,3)12(15)19-10-7-8-14(4,5)9-11-20(16,17)18/h6-11H2,1-5H3/p+1. The number of rotatable bonds is 9. The van der Waals surface area contributed by atoms with E-state index in [1.807, 2.05) is 34.9 Å². The zero-order valence-electron chi connectivity index (χ0n) is 13.2. The first-order valence-electron chi connectivity index (χ1n) is 6.84. The largest absolute Gasteiger partial charge is 0.465 e. The zero-order valence-corrected chi connectivity index (χ0v) is 14.0. The van der Waals surface area contributed by atoms with E-state index in [2.05, 4.69) is 0 Å². The lowest BCUT2D eigenvalue weighted by Crippen LogP contribution is -2.44. The molecule has 0 aliphatic carbocycles. The first-order chi connectivity index (χ1) is 8.90. The molecule has 0 aromatic heterocycles. The van der Waals surface area contributed by atoms with Crippen LogP contribution in [0.3, 0.4) is 0 Å². The number of carbonyl (C=O) groups excluding carboxylic acids is 1. The van der Waals surface area contributed by atoms with Crippen LogP contribution in [0.4, 0.5) is 0 Å². The Bertz CT molecular complexity index is 414. The van der Waals surface area contributed by atoms with Gasteiger partial charge in [0.05, 0.1) is 39.2 Å². The van der Waals surface area contributed by atoms with Gasteiger partial charge in [-0.2, -0.15) is 8.42 Å². The van der Waals surface area contributed by atoms with Gasteiger partial charge in [-0.1, -0.05) is 6.92 Å². The molecule has 0 heterocycles. The summed E-state index contributed by atoms with van der Waals surface area (Å²) in [5.41, 5.74) is -0.463. The molecule has 0 bridgehead atoms. The molecule has 0 rings (SSSR count). The van der Waals surface area contributed by atoms with Crippen LogP contribution in [0.15, 0.2) is 0 Å². The number of nitrogens with zero attached hydrogens (tertiary/aromatic N) is 1. The van der Waals surface area contributed by atoms with Crippen LogP contribution >= 0.6 is 0 Å². The predicted molar refractivity (Wildman–Crippen MR) is 77.9 cm³/mol. The van der Waals surface area contributed by atoms with Crippen molar-refractivity contribution in [2.45, 2.75) is 33.6 Å². The van der Waals surface area contributed by atoms with Gasteiger partial charge in [0.1, 0.15) is 5.75 Å². The minimum Gasteiger partial charge on any atom is -0.465 e. The van der Waals surface area contributed by atoms with Crippen molar-refractivity contribution in [2.75, 3.05) is 39.5 Å². The highest BCUT2D eigenvalue weighted by Crippen LogP contribution is 2.21. The predicted octanol–water partition coefficient (Wildman–Crippen LogP) is 1.32. The summed E-state index contributed by atoms with van der Waals surface area (Å²) in [6.07, 6.45) is 1.38. The lowest BCUT2D eigenvalue weighted by atomic mass is 9.91. The summed E-state index contributed by atoms with van der Waals surface area (Å²) in [6, 6.07) is 0. The molecule has 1 N–H and O–H groups in total. The van der Waals surface area contributed by atoms with Gasteiger partial charge in [0.25, 0.3) is 10.1 Å². The third-order valence-corrected chi connectivity index (χ3v) is 4.23. The highest BCUT2D eigenvalue weighted by atomic mass is 32.2. The fourth-order valence-electron chi connectivity index (χ4n) is 1.47. The Labute approximate surface area is 122 Å². The van der Waals surface area contributed by atoms with Crippen LogP contribution in [0.5, 0.6) is 0 Å². The number of quaternary nitrogens is 1. The number of esters is 1. The second-order valence-corrected chi connectivity index (χ2v) is 7.97. The average molecular weight is 310 g/mol. The van der Waals surface area contributed by atoms with Crippen molar-refractivity contribution >= 4 is 16.1 Å². The third-order valence-electron chi connectivity index (χ3n) is 3.53. The molecule has 0 saturated carbocycles. The van der Waals surface area contributed by atoms with Crippen molar-refractivity contribution in [3.63, 3.8) is 0 Å². The second kappa shape index (κ2) is 7.38. The Balaban J connectivity index is 4.03. The Morgan fingerprint density at radius 2 is 1.80 bits per heavy atom. The van der Waals surface area contributed by atoms with E-state index >= 15 is 0 Å². The van der Waals surface area contributed by atoms with Gasteiger partial charge in [-0.25, -0.2) is 0 Å². The molecule has 20 heavy (non-hydrogen) atoms. The van der Waals surface area contributed by atoms with Gasteiger partial charge in [0.2, 0.25) is 0 Å². The van der Waals surface area contributed by atoms with Gasteiger partial charge < -0.3 is 9.22 Å². The summed E-state index contributed by atoms with van der Waals surface area (Å²) >= 11 is 0. The molecule has 0 radical (unpaired) electrons. The summed E-state index contributed by atoms with van der Waals surface area (Å²) < 4.78 is 35.8. The molecule has 0 amide bonds. The molecule has 120 valence electrons. The number of hydrogen-bond acceptors (Lipinski definition) is 4. The Morgan fingerprint density at radius 3 is 2.25 bits per heavy atom. The van der Waals surface area contributed by atoms with Crippen LogP contribution in [0, 0.1) is 5.41 Å². The van der Waals surface area contributed by atoms with E-state index in [1.54, 1.807) is 0 Å². The summed E-state index contributed by atoms with van der Waals surface area (Å²) in [6.45, 7) is 6.97. The Morgan fingerprint density at radius 1 is 1.25 bits per heavy atom. The van der Waals surface area contributed by atoms with Crippen molar-refractivity contribution in [1.29, 1.82) is 0 Å². The maximum atomic E-state index is 11.7. The van der Waals surface area contributed by atoms with Gasteiger partial charge in [-0.15, -0.1) is 0 Å². The smallest absolute Gasteiger partial charge is 0.311 e. The highest BCUT2D eigenvalue weighted by molar-refractivity contribution is 7.85. The number of carbonyl (C=O) groups is 1. The first-order valence-corrected chi connectivity index (χ1v) is 8.45.